The summed E-state index contributed by atoms with van der Waals surface area (Å²) >= 11 is 0. The maximum absolute atomic E-state index is 13.0. The Balaban J connectivity index is 2.16. The molecule has 0 radical (unpaired) electrons. The number of nitrogens with zero attached hydrogens (tertiary/aromatic N) is 1. The van der Waals surface area contributed by atoms with Gasteiger partial charge in [0, 0.05) is 0 Å². The summed E-state index contributed by atoms with van der Waals surface area (Å²) < 4.78 is 49.5. The minimum Gasteiger partial charge on any atom is -0.467 e. The molecule has 2 aromatic rings. The lowest BCUT2D eigenvalue weighted by Crippen LogP contribution is -2.37. The standard InChI is InChI=1S/C15H15F3N2O5/c16-15(17,18)12-4-3-11(13(19)22)14(23)20(12)6-9(21)7-24-8-10-2-1-5-25-10/h1-5,9,21H,6-8H2,(H2,19,22)/t9-/m0/s1. The van der Waals surface area contributed by atoms with Crippen LogP contribution >= 0.6 is 0 Å². The maximum Gasteiger partial charge on any atom is 0.431 e. The quantitative estimate of drug-likeness (QED) is 0.770. The summed E-state index contributed by atoms with van der Waals surface area (Å²) in [4.78, 5) is 23.2. The fourth-order valence-corrected chi connectivity index (χ4v) is 2.15. The van der Waals surface area contributed by atoms with Crippen molar-refractivity contribution >= 4 is 5.91 Å². The van der Waals surface area contributed by atoms with E-state index in [9.17, 15) is 27.9 Å². The van der Waals surface area contributed by atoms with Crippen molar-refractivity contribution in [2.45, 2.75) is 25.4 Å². The third kappa shape index (κ3) is 4.70. The molecule has 0 saturated heterocycles. The van der Waals surface area contributed by atoms with Crippen LogP contribution in [0.5, 0.6) is 0 Å². The zero-order chi connectivity index (χ0) is 18.6. The van der Waals surface area contributed by atoms with Gasteiger partial charge in [-0.15, -0.1) is 0 Å². The first-order chi connectivity index (χ1) is 11.7. The summed E-state index contributed by atoms with van der Waals surface area (Å²) in [6.45, 7) is -1.05. The third-order valence-corrected chi connectivity index (χ3v) is 3.26. The average Bonchev–Trinajstić information content (AvgIpc) is 3.01. The Morgan fingerprint density at radius 2 is 2.08 bits per heavy atom. The largest absolute Gasteiger partial charge is 0.467 e. The van der Waals surface area contributed by atoms with Crippen LogP contribution in [0.1, 0.15) is 21.8 Å². The van der Waals surface area contributed by atoms with E-state index in [1.54, 1.807) is 12.1 Å². The number of pyridine rings is 1. The number of furan rings is 1. The van der Waals surface area contributed by atoms with Gasteiger partial charge in [0.2, 0.25) is 0 Å². The van der Waals surface area contributed by atoms with Crippen LogP contribution in [0, 0.1) is 0 Å². The molecule has 2 rings (SSSR count). The van der Waals surface area contributed by atoms with E-state index in [1.807, 2.05) is 0 Å². The number of nitrogens with two attached hydrogens (primary N) is 1. The maximum atomic E-state index is 13.0. The number of aliphatic hydroxyl groups is 1. The predicted octanol–water partition coefficient (Wildman–Crippen LogP) is 1.14. The molecule has 0 spiro atoms. The molecular formula is C15H15F3N2O5. The fourth-order valence-electron chi connectivity index (χ4n) is 2.15. The molecule has 2 aromatic heterocycles. The van der Waals surface area contributed by atoms with Gasteiger partial charge in [0.1, 0.15) is 23.6 Å². The van der Waals surface area contributed by atoms with Gasteiger partial charge in [-0.2, -0.15) is 13.2 Å². The van der Waals surface area contributed by atoms with E-state index in [4.69, 9.17) is 14.9 Å². The molecule has 136 valence electrons. The highest BCUT2D eigenvalue weighted by molar-refractivity contribution is 5.92. The molecule has 1 atom stereocenters. The number of carbonyl (C=O) groups is 1. The number of primary amides is 1. The van der Waals surface area contributed by atoms with Crippen LogP contribution in [0.25, 0.3) is 0 Å². The van der Waals surface area contributed by atoms with Gasteiger partial charge in [0.25, 0.3) is 11.5 Å². The third-order valence-electron chi connectivity index (χ3n) is 3.26. The molecule has 0 aliphatic heterocycles. The Morgan fingerprint density at radius 1 is 1.36 bits per heavy atom. The highest BCUT2D eigenvalue weighted by Gasteiger charge is 2.35. The van der Waals surface area contributed by atoms with Gasteiger partial charge in [0.15, 0.2) is 0 Å². The Kier molecular flexibility index (Phi) is 5.65. The van der Waals surface area contributed by atoms with Gasteiger partial charge in [-0.1, -0.05) is 0 Å². The van der Waals surface area contributed by atoms with Gasteiger partial charge in [-0.25, -0.2) is 0 Å². The van der Waals surface area contributed by atoms with E-state index in [1.165, 1.54) is 6.26 Å². The number of carbonyl (C=O) groups excluding carboxylic acids is 1. The van der Waals surface area contributed by atoms with Gasteiger partial charge in [0.05, 0.1) is 25.5 Å². The molecule has 0 aliphatic carbocycles. The van der Waals surface area contributed by atoms with Crippen molar-refractivity contribution in [1.82, 2.24) is 4.57 Å². The molecule has 0 unspecified atom stereocenters. The van der Waals surface area contributed by atoms with Crippen molar-refractivity contribution in [3.63, 3.8) is 0 Å². The lowest BCUT2D eigenvalue weighted by atomic mass is 10.2. The number of hydrogen-bond donors (Lipinski definition) is 2. The van der Waals surface area contributed by atoms with Crippen LogP contribution in [-0.4, -0.2) is 28.3 Å². The van der Waals surface area contributed by atoms with Crippen LogP contribution in [0.2, 0.25) is 0 Å². The summed E-state index contributed by atoms with van der Waals surface area (Å²) in [6.07, 6.45) is -4.85. The molecule has 0 fully saturated rings. The summed E-state index contributed by atoms with van der Waals surface area (Å²) in [5.41, 5.74) is 1.85. The van der Waals surface area contributed by atoms with Gasteiger partial charge in [-0.3, -0.25) is 9.59 Å². The Morgan fingerprint density at radius 3 is 2.64 bits per heavy atom. The summed E-state index contributed by atoms with van der Waals surface area (Å²) in [6, 6.07) is 4.52. The van der Waals surface area contributed by atoms with E-state index >= 15 is 0 Å². The van der Waals surface area contributed by atoms with Crippen LogP contribution in [0.15, 0.2) is 39.7 Å². The predicted molar refractivity (Wildman–Crippen MR) is 78.6 cm³/mol. The van der Waals surface area contributed by atoms with Crippen molar-refractivity contribution in [2.24, 2.45) is 5.73 Å². The smallest absolute Gasteiger partial charge is 0.431 e. The number of ether oxygens (including phenoxy) is 1. The second kappa shape index (κ2) is 7.53. The molecule has 0 aromatic carbocycles. The topological polar surface area (TPSA) is 108 Å². The lowest BCUT2D eigenvalue weighted by molar-refractivity contribution is -0.145. The number of rotatable bonds is 7. The van der Waals surface area contributed by atoms with Gasteiger partial charge >= 0.3 is 6.18 Å². The lowest BCUT2D eigenvalue weighted by Gasteiger charge is -2.19. The minimum absolute atomic E-state index is 0.00636. The van der Waals surface area contributed by atoms with Gasteiger partial charge < -0.3 is 24.6 Å². The van der Waals surface area contributed by atoms with E-state index in [0.29, 0.717) is 17.9 Å². The van der Waals surface area contributed by atoms with E-state index < -0.39 is 41.5 Å². The first kappa shape index (κ1) is 18.7. The first-order valence-corrected chi connectivity index (χ1v) is 7.09. The van der Waals surface area contributed by atoms with Crippen LogP contribution in [0.3, 0.4) is 0 Å². The first-order valence-electron chi connectivity index (χ1n) is 7.09. The fraction of sp³-hybridized carbons (Fsp3) is 0.333. The molecule has 10 heteroatoms. The number of hydrogen-bond acceptors (Lipinski definition) is 5. The van der Waals surface area contributed by atoms with Crippen LogP contribution in [0.4, 0.5) is 13.2 Å². The zero-order valence-electron chi connectivity index (χ0n) is 12.8. The Labute approximate surface area is 139 Å². The summed E-state index contributed by atoms with van der Waals surface area (Å²) in [5.74, 6) is -0.688. The second-order valence-electron chi connectivity index (χ2n) is 5.16. The highest BCUT2D eigenvalue weighted by atomic mass is 19.4. The second-order valence-corrected chi connectivity index (χ2v) is 5.16. The molecule has 25 heavy (non-hydrogen) atoms. The average molecular weight is 360 g/mol. The molecule has 7 nitrogen and oxygen atoms in total. The minimum atomic E-state index is -4.84. The van der Waals surface area contributed by atoms with Crippen LogP contribution < -0.4 is 11.3 Å². The van der Waals surface area contributed by atoms with E-state index in [0.717, 1.165) is 0 Å². The molecule has 1 amide bonds. The summed E-state index contributed by atoms with van der Waals surface area (Å²) in [5, 5.41) is 9.88. The Bertz CT molecular complexity index is 783. The molecule has 0 aliphatic rings. The molecule has 3 N–H and O–H groups in total. The molecule has 0 bridgehead atoms. The van der Waals surface area contributed by atoms with Crippen molar-refractivity contribution in [3.8, 4) is 0 Å². The number of aliphatic hydroxyl groups excluding tert-OH is 1. The molecule has 2 heterocycles. The van der Waals surface area contributed by atoms with E-state index in [2.05, 4.69) is 0 Å². The zero-order valence-corrected chi connectivity index (χ0v) is 12.8. The van der Waals surface area contributed by atoms with Crippen LogP contribution in [-0.2, 0) is 24.1 Å². The van der Waals surface area contributed by atoms with Crippen molar-refractivity contribution < 1.29 is 32.2 Å². The van der Waals surface area contributed by atoms with Crippen molar-refractivity contribution in [1.29, 1.82) is 0 Å². The normalized spacial score (nSPS) is 13.0. The van der Waals surface area contributed by atoms with Crippen molar-refractivity contribution in [3.05, 3.63) is 57.9 Å². The molecule has 0 saturated carbocycles. The number of aromatic nitrogens is 1. The number of alkyl halides is 3. The number of amides is 1. The molecular weight excluding hydrogens is 345 g/mol. The van der Waals surface area contributed by atoms with Crippen molar-refractivity contribution in [2.75, 3.05) is 6.61 Å². The summed E-state index contributed by atoms with van der Waals surface area (Å²) in [7, 11) is 0. The monoisotopic (exact) mass is 360 g/mol. The number of halogens is 3. The van der Waals surface area contributed by atoms with E-state index in [-0.39, 0.29) is 17.8 Å². The SMILES string of the molecule is NC(=O)c1ccc(C(F)(F)F)n(C[C@H](O)COCc2ccco2)c1=O. The van der Waals surface area contributed by atoms with Gasteiger partial charge in [-0.05, 0) is 24.3 Å². The Hall–Kier alpha value is -2.59. The highest BCUT2D eigenvalue weighted by Crippen LogP contribution is 2.28.